The monoisotopic (exact) mass is 322 g/mol. The summed E-state index contributed by atoms with van der Waals surface area (Å²) in [6.07, 6.45) is 0. The van der Waals surface area contributed by atoms with Gasteiger partial charge in [-0.25, -0.2) is 4.39 Å². The predicted molar refractivity (Wildman–Crippen MR) is 77.6 cm³/mol. The van der Waals surface area contributed by atoms with Crippen molar-refractivity contribution in [3.63, 3.8) is 0 Å². The molecule has 0 unspecified atom stereocenters. The molecule has 1 amide bonds. The van der Waals surface area contributed by atoms with E-state index < -0.39 is 5.82 Å². The Morgan fingerprint density at radius 3 is 2.68 bits per heavy atom. The van der Waals surface area contributed by atoms with Crippen LogP contribution >= 0.6 is 15.9 Å². The first-order valence-corrected chi connectivity index (χ1v) is 6.39. The van der Waals surface area contributed by atoms with Crippen LogP contribution in [0.3, 0.4) is 0 Å². The number of carbonyl (C=O) groups is 1. The molecule has 2 aromatic rings. The second kappa shape index (κ2) is 5.40. The highest BCUT2D eigenvalue weighted by Gasteiger charge is 2.12. The van der Waals surface area contributed by atoms with Crippen LogP contribution in [0.4, 0.5) is 15.8 Å². The van der Waals surface area contributed by atoms with Crippen molar-refractivity contribution in [2.45, 2.75) is 6.92 Å². The molecule has 0 fully saturated rings. The number of amides is 1. The molecule has 0 aliphatic rings. The molecule has 2 aromatic carbocycles. The molecule has 3 nitrogen and oxygen atoms in total. The van der Waals surface area contributed by atoms with Gasteiger partial charge in [-0.05, 0) is 53.2 Å². The zero-order chi connectivity index (χ0) is 14.0. The molecule has 0 saturated heterocycles. The Hall–Kier alpha value is -1.88. The molecule has 19 heavy (non-hydrogen) atoms. The van der Waals surface area contributed by atoms with Crippen molar-refractivity contribution >= 4 is 33.2 Å². The molecular formula is C14H12BrFN2O. The molecule has 0 spiro atoms. The predicted octanol–water partition coefficient (Wildman–Crippen LogP) is 3.73. The van der Waals surface area contributed by atoms with E-state index in [0.29, 0.717) is 15.7 Å². The number of carbonyl (C=O) groups excluding carboxylic acids is 1. The van der Waals surface area contributed by atoms with Crippen molar-refractivity contribution in [1.29, 1.82) is 0 Å². The van der Waals surface area contributed by atoms with Gasteiger partial charge in [-0.15, -0.1) is 0 Å². The van der Waals surface area contributed by atoms with Gasteiger partial charge in [0.2, 0.25) is 0 Å². The zero-order valence-corrected chi connectivity index (χ0v) is 11.8. The van der Waals surface area contributed by atoms with Gasteiger partial charge in [0, 0.05) is 4.47 Å². The van der Waals surface area contributed by atoms with E-state index in [2.05, 4.69) is 21.2 Å². The first kappa shape index (κ1) is 13.5. The lowest BCUT2D eigenvalue weighted by atomic mass is 10.1. The molecule has 0 aromatic heterocycles. The number of hydrogen-bond donors (Lipinski definition) is 2. The van der Waals surface area contributed by atoms with E-state index in [9.17, 15) is 9.18 Å². The molecule has 5 heteroatoms. The van der Waals surface area contributed by atoms with Gasteiger partial charge in [0.15, 0.2) is 0 Å². The Morgan fingerprint density at radius 1 is 1.26 bits per heavy atom. The average molecular weight is 323 g/mol. The van der Waals surface area contributed by atoms with Crippen LogP contribution in [0.2, 0.25) is 0 Å². The van der Waals surface area contributed by atoms with E-state index in [0.717, 1.165) is 5.56 Å². The Balaban J connectivity index is 2.28. The fourth-order valence-corrected chi connectivity index (χ4v) is 2.08. The molecule has 0 aliphatic carbocycles. The van der Waals surface area contributed by atoms with Gasteiger partial charge in [-0.3, -0.25) is 4.79 Å². The lowest BCUT2D eigenvalue weighted by Gasteiger charge is -2.10. The van der Waals surface area contributed by atoms with E-state index >= 15 is 0 Å². The first-order valence-electron chi connectivity index (χ1n) is 5.60. The molecule has 0 radical (unpaired) electrons. The SMILES string of the molecule is Cc1ccc(Br)c(C(=O)Nc2ccc(F)cc2N)c1. The van der Waals surface area contributed by atoms with Gasteiger partial charge >= 0.3 is 0 Å². The highest BCUT2D eigenvalue weighted by atomic mass is 79.9. The third-order valence-electron chi connectivity index (χ3n) is 2.63. The smallest absolute Gasteiger partial charge is 0.256 e. The van der Waals surface area contributed by atoms with Crippen LogP contribution in [0.25, 0.3) is 0 Å². The maximum absolute atomic E-state index is 12.9. The summed E-state index contributed by atoms with van der Waals surface area (Å²) in [4.78, 5) is 12.1. The van der Waals surface area contributed by atoms with Crippen LogP contribution < -0.4 is 11.1 Å². The molecule has 0 atom stereocenters. The standard InChI is InChI=1S/C14H12BrFN2O/c1-8-2-4-11(15)10(6-8)14(19)18-13-5-3-9(16)7-12(13)17/h2-7H,17H2,1H3,(H,18,19). The van der Waals surface area contributed by atoms with Crippen molar-refractivity contribution in [2.75, 3.05) is 11.1 Å². The van der Waals surface area contributed by atoms with Crippen LogP contribution in [-0.4, -0.2) is 5.91 Å². The summed E-state index contributed by atoms with van der Waals surface area (Å²) in [5.74, 6) is -0.735. The Kier molecular flexibility index (Phi) is 3.85. The number of hydrogen-bond acceptors (Lipinski definition) is 2. The molecule has 0 aliphatic heterocycles. The third-order valence-corrected chi connectivity index (χ3v) is 3.32. The fraction of sp³-hybridized carbons (Fsp3) is 0.0714. The third kappa shape index (κ3) is 3.12. The average Bonchev–Trinajstić information content (AvgIpc) is 2.35. The number of nitrogens with two attached hydrogens (primary N) is 1. The zero-order valence-electron chi connectivity index (χ0n) is 10.2. The second-order valence-electron chi connectivity index (χ2n) is 4.17. The molecular weight excluding hydrogens is 311 g/mol. The van der Waals surface area contributed by atoms with Crippen LogP contribution in [0.1, 0.15) is 15.9 Å². The van der Waals surface area contributed by atoms with Crippen LogP contribution in [0, 0.1) is 12.7 Å². The van der Waals surface area contributed by atoms with E-state index in [1.54, 1.807) is 12.1 Å². The minimum Gasteiger partial charge on any atom is -0.397 e. The fourth-order valence-electron chi connectivity index (χ4n) is 1.65. The molecule has 0 saturated carbocycles. The number of nitrogen functional groups attached to an aromatic ring is 1. The topological polar surface area (TPSA) is 55.1 Å². The minimum absolute atomic E-state index is 0.192. The van der Waals surface area contributed by atoms with Gasteiger partial charge in [0.05, 0.1) is 16.9 Å². The number of nitrogens with one attached hydrogen (secondary N) is 1. The van der Waals surface area contributed by atoms with Crippen molar-refractivity contribution in [2.24, 2.45) is 0 Å². The van der Waals surface area contributed by atoms with Gasteiger partial charge in [-0.2, -0.15) is 0 Å². The van der Waals surface area contributed by atoms with Gasteiger partial charge < -0.3 is 11.1 Å². The summed E-state index contributed by atoms with van der Waals surface area (Å²) in [5.41, 5.74) is 7.71. The molecule has 0 heterocycles. The summed E-state index contributed by atoms with van der Waals surface area (Å²) < 4.78 is 13.6. The summed E-state index contributed by atoms with van der Waals surface area (Å²) in [6.45, 7) is 1.90. The molecule has 2 rings (SSSR count). The van der Waals surface area contributed by atoms with E-state index in [-0.39, 0.29) is 11.6 Å². The van der Waals surface area contributed by atoms with Gasteiger partial charge in [0.1, 0.15) is 5.82 Å². The van der Waals surface area contributed by atoms with E-state index in [1.165, 1.54) is 18.2 Å². The molecule has 3 N–H and O–H groups in total. The van der Waals surface area contributed by atoms with Gasteiger partial charge in [0.25, 0.3) is 5.91 Å². The van der Waals surface area contributed by atoms with Crippen molar-refractivity contribution < 1.29 is 9.18 Å². The highest BCUT2D eigenvalue weighted by Crippen LogP contribution is 2.23. The summed E-state index contributed by atoms with van der Waals surface area (Å²) in [6, 6.07) is 9.31. The summed E-state index contributed by atoms with van der Waals surface area (Å²) >= 11 is 3.32. The number of aryl methyl sites for hydroxylation is 1. The molecule has 0 bridgehead atoms. The second-order valence-corrected chi connectivity index (χ2v) is 5.02. The Morgan fingerprint density at radius 2 is 2.00 bits per heavy atom. The quantitative estimate of drug-likeness (QED) is 0.828. The highest BCUT2D eigenvalue weighted by molar-refractivity contribution is 9.10. The maximum Gasteiger partial charge on any atom is 0.256 e. The normalized spacial score (nSPS) is 10.3. The van der Waals surface area contributed by atoms with Crippen LogP contribution in [-0.2, 0) is 0 Å². The van der Waals surface area contributed by atoms with Crippen LogP contribution in [0.15, 0.2) is 40.9 Å². The summed E-state index contributed by atoms with van der Waals surface area (Å²) in [7, 11) is 0. The van der Waals surface area contributed by atoms with E-state index in [1.807, 2.05) is 13.0 Å². The van der Waals surface area contributed by atoms with Crippen molar-refractivity contribution in [3.05, 3.63) is 57.8 Å². The number of halogens is 2. The van der Waals surface area contributed by atoms with Crippen molar-refractivity contribution in [1.82, 2.24) is 0 Å². The number of benzene rings is 2. The number of rotatable bonds is 2. The maximum atomic E-state index is 12.9. The lowest BCUT2D eigenvalue weighted by molar-refractivity contribution is 0.102. The van der Waals surface area contributed by atoms with Crippen LogP contribution in [0.5, 0.6) is 0 Å². The minimum atomic E-state index is -0.438. The van der Waals surface area contributed by atoms with Crippen molar-refractivity contribution in [3.8, 4) is 0 Å². The number of anilines is 2. The Bertz CT molecular complexity index is 643. The lowest BCUT2D eigenvalue weighted by Crippen LogP contribution is -2.14. The first-order chi connectivity index (χ1) is 8.97. The summed E-state index contributed by atoms with van der Waals surface area (Å²) in [5, 5.41) is 2.66. The van der Waals surface area contributed by atoms with E-state index in [4.69, 9.17) is 5.73 Å². The van der Waals surface area contributed by atoms with Gasteiger partial charge in [-0.1, -0.05) is 11.6 Å². The molecule has 98 valence electrons. The Labute approximate surface area is 118 Å². The largest absolute Gasteiger partial charge is 0.397 e.